The molecule has 2 N–H and O–H groups in total. The van der Waals surface area contributed by atoms with E-state index < -0.39 is 0 Å². The minimum absolute atomic E-state index is 0.434. The van der Waals surface area contributed by atoms with Crippen LogP contribution in [-0.4, -0.2) is 15.2 Å². The largest absolute Gasteiger partial charge is 0.438 e. The molecule has 0 spiro atoms. The summed E-state index contributed by atoms with van der Waals surface area (Å²) in [4.78, 5) is 4.13. The minimum Gasteiger partial charge on any atom is -0.438 e. The molecule has 0 fully saturated rings. The van der Waals surface area contributed by atoms with Crippen molar-refractivity contribution in [3.63, 3.8) is 0 Å². The molecule has 2 heterocycles. The van der Waals surface area contributed by atoms with Crippen molar-refractivity contribution < 1.29 is 4.42 Å². The van der Waals surface area contributed by atoms with Crippen LogP contribution in [0.25, 0.3) is 10.8 Å². The maximum absolute atomic E-state index is 5.46. The molecule has 2 aromatic heterocycles. The van der Waals surface area contributed by atoms with Gasteiger partial charge in [-0.25, -0.2) is 4.98 Å². The van der Waals surface area contributed by atoms with Crippen LogP contribution in [0.2, 0.25) is 0 Å². The first kappa shape index (κ1) is 8.18. The van der Waals surface area contributed by atoms with Crippen LogP contribution >= 0.6 is 11.3 Å². The van der Waals surface area contributed by atoms with Crippen molar-refractivity contribution in [3.8, 4) is 10.8 Å². The van der Waals surface area contributed by atoms with E-state index in [1.54, 1.807) is 6.92 Å². The Balaban J connectivity index is 2.51. The zero-order valence-corrected chi connectivity index (χ0v) is 8.05. The van der Waals surface area contributed by atoms with Gasteiger partial charge in [-0.1, -0.05) is 11.3 Å². The first-order valence-corrected chi connectivity index (χ1v) is 4.52. The van der Waals surface area contributed by atoms with Gasteiger partial charge >= 0.3 is 0 Å². The van der Waals surface area contributed by atoms with E-state index in [0.717, 1.165) is 5.69 Å². The van der Waals surface area contributed by atoms with Gasteiger partial charge in [-0.15, -0.1) is 10.2 Å². The highest BCUT2D eigenvalue weighted by Crippen LogP contribution is 2.27. The molecule has 0 bridgehead atoms. The SMILES string of the molecule is Cc1nc(C)c(-c2nnc(N)s2)o1. The van der Waals surface area contributed by atoms with Crippen LogP contribution in [0.15, 0.2) is 4.42 Å². The summed E-state index contributed by atoms with van der Waals surface area (Å²) < 4.78 is 5.35. The van der Waals surface area contributed by atoms with E-state index >= 15 is 0 Å². The average Bonchev–Trinajstić information content (AvgIpc) is 2.58. The molecule has 0 saturated heterocycles. The fourth-order valence-corrected chi connectivity index (χ4v) is 1.70. The Morgan fingerprint density at radius 2 is 2.08 bits per heavy atom. The standard InChI is InChI=1S/C7H8N4OS/c1-3-5(12-4(2)9-3)6-10-11-7(8)13-6/h1-2H3,(H2,8,11). The quantitative estimate of drug-likeness (QED) is 0.745. The molecule has 13 heavy (non-hydrogen) atoms. The van der Waals surface area contributed by atoms with E-state index in [2.05, 4.69) is 15.2 Å². The number of nitrogen functional groups attached to an aromatic ring is 1. The number of oxazole rings is 1. The number of rotatable bonds is 1. The summed E-state index contributed by atoms with van der Waals surface area (Å²) in [7, 11) is 0. The summed E-state index contributed by atoms with van der Waals surface area (Å²) in [5, 5.41) is 8.68. The lowest BCUT2D eigenvalue weighted by Crippen LogP contribution is -1.80. The van der Waals surface area contributed by atoms with Crippen molar-refractivity contribution >= 4 is 16.5 Å². The fraction of sp³-hybridized carbons (Fsp3) is 0.286. The average molecular weight is 196 g/mol. The second-order valence-corrected chi connectivity index (χ2v) is 3.60. The lowest BCUT2D eigenvalue weighted by molar-refractivity contribution is 0.533. The van der Waals surface area contributed by atoms with Gasteiger partial charge in [0, 0.05) is 6.92 Å². The van der Waals surface area contributed by atoms with Crippen molar-refractivity contribution in [1.29, 1.82) is 0 Å². The summed E-state index contributed by atoms with van der Waals surface area (Å²) >= 11 is 1.29. The number of hydrogen-bond acceptors (Lipinski definition) is 6. The molecular formula is C7H8N4OS. The van der Waals surface area contributed by atoms with Gasteiger partial charge in [0.1, 0.15) is 0 Å². The Labute approximate surface area is 78.6 Å². The Hall–Kier alpha value is -1.43. The fourth-order valence-electron chi connectivity index (χ4n) is 1.06. The van der Waals surface area contributed by atoms with E-state index in [-0.39, 0.29) is 0 Å². The van der Waals surface area contributed by atoms with Crippen molar-refractivity contribution in [2.75, 3.05) is 5.73 Å². The Morgan fingerprint density at radius 3 is 2.54 bits per heavy atom. The molecule has 0 aliphatic heterocycles. The molecule has 0 aromatic carbocycles. The lowest BCUT2D eigenvalue weighted by Gasteiger charge is -1.86. The van der Waals surface area contributed by atoms with E-state index in [1.807, 2.05) is 6.92 Å². The summed E-state index contributed by atoms with van der Waals surface area (Å²) in [6.45, 7) is 3.66. The molecule has 5 nitrogen and oxygen atoms in total. The van der Waals surface area contributed by atoms with Crippen LogP contribution in [0.1, 0.15) is 11.6 Å². The zero-order chi connectivity index (χ0) is 9.42. The van der Waals surface area contributed by atoms with Crippen molar-refractivity contribution in [3.05, 3.63) is 11.6 Å². The van der Waals surface area contributed by atoms with Crippen LogP contribution in [0.5, 0.6) is 0 Å². The molecule has 0 radical (unpaired) electrons. The predicted molar refractivity (Wildman–Crippen MR) is 49.3 cm³/mol. The first-order chi connectivity index (χ1) is 6.16. The molecule has 0 amide bonds. The van der Waals surface area contributed by atoms with E-state index in [9.17, 15) is 0 Å². The third-order valence-corrected chi connectivity index (χ3v) is 2.29. The van der Waals surface area contributed by atoms with E-state index in [0.29, 0.717) is 21.8 Å². The highest BCUT2D eigenvalue weighted by Gasteiger charge is 2.13. The maximum Gasteiger partial charge on any atom is 0.203 e. The van der Waals surface area contributed by atoms with E-state index in [4.69, 9.17) is 10.2 Å². The summed E-state index contributed by atoms with van der Waals surface area (Å²) in [6, 6.07) is 0. The minimum atomic E-state index is 0.434. The van der Waals surface area contributed by atoms with Gasteiger partial charge in [0.2, 0.25) is 5.13 Å². The van der Waals surface area contributed by atoms with Crippen LogP contribution in [0.3, 0.4) is 0 Å². The number of aromatic nitrogens is 3. The molecule has 0 aliphatic carbocycles. The van der Waals surface area contributed by atoms with E-state index in [1.165, 1.54) is 11.3 Å². The monoisotopic (exact) mass is 196 g/mol. The van der Waals surface area contributed by atoms with Crippen LogP contribution < -0.4 is 5.73 Å². The van der Waals surface area contributed by atoms with Gasteiger partial charge in [-0.3, -0.25) is 0 Å². The molecular weight excluding hydrogens is 188 g/mol. The molecule has 2 aromatic rings. The maximum atomic E-state index is 5.46. The highest BCUT2D eigenvalue weighted by molar-refractivity contribution is 7.18. The van der Waals surface area contributed by atoms with Gasteiger partial charge in [-0.05, 0) is 6.92 Å². The molecule has 6 heteroatoms. The number of aryl methyl sites for hydroxylation is 2. The van der Waals surface area contributed by atoms with Crippen molar-refractivity contribution in [2.24, 2.45) is 0 Å². The molecule has 0 atom stereocenters. The first-order valence-electron chi connectivity index (χ1n) is 3.70. The zero-order valence-electron chi connectivity index (χ0n) is 7.24. The van der Waals surface area contributed by atoms with Crippen molar-refractivity contribution in [2.45, 2.75) is 13.8 Å². The molecule has 2 rings (SSSR count). The normalized spacial score (nSPS) is 10.6. The molecule has 68 valence electrons. The van der Waals surface area contributed by atoms with Gasteiger partial charge in [-0.2, -0.15) is 0 Å². The Bertz CT molecular complexity index is 433. The Kier molecular flexibility index (Phi) is 1.77. The predicted octanol–water partition coefficient (Wildman–Crippen LogP) is 1.39. The Morgan fingerprint density at radius 1 is 1.31 bits per heavy atom. The summed E-state index contributed by atoms with van der Waals surface area (Å²) in [6.07, 6.45) is 0. The van der Waals surface area contributed by atoms with Gasteiger partial charge < -0.3 is 10.2 Å². The smallest absolute Gasteiger partial charge is 0.203 e. The van der Waals surface area contributed by atoms with Crippen LogP contribution in [-0.2, 0) is 0 Å². The number of nitrogens with zero attached hydrogens (tertiary/aromatic N) is 3. The van der Waals surface area contributed by atoms with Gasteiger partial charge in [0.25, 0.3) is 0 Å². The lowest BCUT2D eigenvalue weighted by atomic mass is 10.4. The molecule has 0 saturated carbocycles. The second kappa shape index (κ2) is 2.81. The number of anilines is 1. The third kappa shape index (κ3) is 1.40. The van der Waals surface area contributed by atoms with Gasteiger partial charge in [0.05, 0.1) is 5.69 Å². The third-order valence-electron chi connectivity index (χ3n) is 1.54. The van der Waals surface area contributed by atoms with Gasteiger partial charge in [0.15, 0.2) is 16.7 Å². The summed E-state index contributed by atoms with van der Waals surface area (Å²) in [5.41, 5.74) is 6.27. The van der Waals surface area contributed by atoms with Crippen molar-refractivity contribution in [1.82, 2.24) is 15.2 Å². The van der Waals surface area contributed by atoms with Crippen LogP contribution in [0, 0.1) is 13.8 Å². The summed E-state index contributed by atoms with van der Waals surface area (Å²) in [5.74, 6) is 1.29. The molecule has 0 unspecified atom stereocenters. The highest BCUT2D eigenvalue weighted by atomic mass is 32.1. The number of nitrogens with two attached hydrogens (primary N) is 1. The van der Waals surface area contributed by atoms with Crippen LogP contribution in [0.4, 0.5) is 5.13 Å². The molecule has 0 aliphatic rings. The topological polar surface area (TPSA) is 77.8 Å². The second-order valence-electron chi connectivity index (χ2n) is 2.59. The number of hydrogen-bond donors (Lipinski definition) is 1.